The fraction of sp³-hybridized carbons (Fsp3) is 0.667. The van der Waals surface area contributed by atoms with E-state index < -0.39 is 20.9 Å². The number of halogens is 3. The standard InChI is InChI=1S/C15H24F3NOSi/c1-11-7-8-19-13(9-15(16,17)18)12(11)10-20-21(5,6)14(2,3)4/h7-8H,9-10H2,1-6H3. The van der Waals surface area contributed by atoms with E-state index in [0.29, 0.717) is 5.56 Å². The van der Waals surface area contributed by atoms with Gasteiger partial charge in [-0.1, -0.05) is 20.8 Å². The van der Waals surface area contributed by atoms with Crippen LogP contribution in [0.5, 0.6) is 0 Å². The SMILES string of the molecule is Cc1ccnc(CC(F)(F)F)c1CO[Si](C)(C)C(C)(C)C. The van der Waals surface area contributed by atoms with Gasteiger partial charge in [0.15, 0.2) is 8.32 Å². The molecule has 0 amide bonds. The van der Waals surface area contributed by atoms with Crippen molar-refractivity contribution in [2.45, 2.75) is 65.0 Å². The van der Waals surface area contributed by atoms with Gasteiger partial charge in [0.1, 0.15) is 0 Å². The molecule has 1 rings (SSSR count). The van der Waals surface area contributed by atoms with Gasteiger partial charge in [-0.05, 0) is 36.7 Å². The molecule has 0 saturated heterocycles. The van der Waals surface area contributed by atoms with Crippen LogP contribution in [0.4, 0.5) is 13.2 Å². The first-order valence-electron chi connectivity index (χ1n) is 6.97. The van der Waals surface area contributed by atoms with E-state index in [9.17, 15) is 13.2 Å². The normalized spacial score (nSPS) is 13.6. The molecule has 1 aromatic heterocycles. The molecular formula is C15H24F3NOSi. The zero-order chi connectivity index (χ0) is 16.5. The molecule has 0 aliphatic carbocycles. The molecule has 0 spiro atoms. The van der Waals surface area contributed by atoms with E-state index in [0.717, 1.165) is 5.56 Å². The molecule has 1 aromatic rings. The van der Waals surface area contributed by atoms with Crippen LogP contribution >= 0.6 is 0 Å². The van der Waals surface area contributed by atoms with Crippen molar-refractivity contribution in [3.63, 3.8) is 0 Å². The number of hydrogen-bond donors (Lipinski definition) is 0. The van der Waals surface area contributed by atoms with Crippen LogP contribution in [0.2, 0.25) is 18.1 Å². The number of alkyl halides is 3. The molecule has 2 nitrogen and oxygen atoms in total. The Labute approximate surface area is 125 Å². The van der Waals surface area contributed by atoms with Gasteiger partial charge in [0, 0.05) is 11.8 Å². The highest BCUT2D eigenvalue weighted by atomic mass is 28.4. The van der Waals surface area contributed by atoms with Gasteiger partial charge in [-0.2, -0.15) is 13.2 Å². The zero-order valence-corrected chi connectivity index (χ0v) is 14.6. The molecule has 120 valence electrons. The highest BCUT2D eigenvalue weighted by Crippen LogP contribution is 2.37. The summed E-state index contributed by atoms with van der Waals surface area (Å²) in [4.78, 5) is 3.90. The Morgan fingerprint density at radius 3 is 2.24 bits per heavy atom. The minimum atomic E-state index is -4.26. The summed E-state index contributed by atoms with van der Waals surface area (Å²) >= 11 is 0. The molecule has 1 heterocycles. The Bertz CT molecular complexity index is 493. The second-order valence-electron chi connectivity index (χ2n) is 6.89. The van der Waals surface area contributed by atoms with Gasteiger partial charge in [0.05, 0.1) is 18.7 Å². The van der Waals surface area contributed by atoms with E-state index in [4.69, 9.17) is 4.43 Å². The van der Waals surface area contributed by atoms with Crippen LogP contribution in [-0.2, 0) is 17.5 Å². The molecule has 0 saturated carbocycles. The maximum absolute atomic E-state index is 12.6. The maximum Gasteiger partial charge on any atom is 0.394 e. The second kappa shape index (κ2) is 6.08. The molecule has 6 heteroatoms. The van der Waals surface area contributed by atoms with Gasteiger partial charge in [0.25, 0.3) is 0 Å². The summed E-state index contributed by atoms with van der Waals surface area (Å²) in [5.74, 6) is 0. The third kappa shape index (κ3) is 5.11. The molecule has 0 N–H and O–H groups in total. The van der Waals surface area contributed by atoms with E-state index in [1.54, 1.807) is 13.0 Å². The van der Waals surface area contributed by atoms with Crippen LogP contribution in [0.15, 0.2) is 12.3 Å². The van der Waals surface area contributed by atoms with Crippen molar-refractivity contribution in [1.82, 2.24) is 4.98 Å². The molecular weight excluding hydrogens is 295 g/mol. The van der Waals surface area contributed by atoms with E-state index in [-0.39, 0.29) is 17.3 Å². The molecule has 0 aliphatic rings. The Hall–Kier alpha value is -0.883. The molecule has 0 aliphatic heterocycles. The Morgan fingerprint density at radius 1 is 1.19 bits per heavy atom. The fourth-order valence-electron chi connectivity index (χ4n) is 1.65. The summed E-state index contributed by atoms with van der Waals surface area (Å²) in [6.45, 7) is 12.5. The summed E-state index contributed by atoms with van der Waals surface area (Å²) in [6.07, 6.45) is -3.84. The molecule has 21 heavy (non-hydrogen) atoms. The lowest BCUT2D eigenvalue weighted by molar-refractivity contribution is -0.128. The lowest BCUT2D eigenvalue weighted by atomic mass is 10.1. The van der Waals surface area contributed by atoms with Crippen molar-refractivity contribution in [3.05, 3.63) is 29.1 Å². The summed E-state index contributed by atoms with van der Waals surface area (Å²) in [6, 6.07) is 1.73. The molecule has 0 unspecified atom stereocenters. The van der Waals surface area contributed by atoms with Crippen molar-refractivity contribution in [1.29, 1.82) is 0 Å². The quantitative estimate of drug-likeness (QED) is 0.727. The summed E-state index contributed by atoms with van der Waals surface area (Å²) in [5.41, 5.74) is 1.43. The van der Waals surface area contributed by atoms with Crippen LogP contribution in [-0.4, -0.2) is 19.5 Å². The lowest BCUT2D eigenvalue weighted by Crippen LogP contribution is -2.40. The van der Waals surface area contributed by atoms with E-state index in [1.165, 1.54) is 6.20 Å². The number of aryl methyl sites for hydroxylation is 1. The Morgan fingerprint density at radius 2 is 1.76 bits per heavy atom. The van der Waals surface area contributed by atoms with Gasteiger partial charge in [-0.3, -0.25) is 4.98 Å². The highest BCUT2D eigenvalue weighted by Gasteiger charge is 2.37. The van der Waals surface area contributed by atoms with Crippen LogP contribution in [0.1, 0.15) is 37.6 Å². The molecule has 0 fully saturated rings. The van der Waals surface area contributed by atoms with Crippen LogP contribution in [0, 0.1) is 6.92 Å². The van der Waals surface area contributed by atoms with Crippen molar-refractivity contribution in [3.8, 4) is 0 Å². The Kier molecular flexibility index (Phi) is 5.26. The van der Waals surface area contributed by atoms with Gasteiger partial charge < -0.3 is 4.43 Å². The molecule has 0 aromatic carbocycles. The molecule has 0 radical (unpaired) electrons. The smallest absolute Gasteiger partial charge is 0.394 e. The monoisotopic (exact) mass is 319 g/mol. The topological polar surface area (TPSA) is 22.1 Å². The van der Waals surface area contributed by atoms with Gasteiger partial charge in [-0.15, -0.1) is 0 Å². The van der Waals surface area contributed by atoms with Gasteiger partial charge >= 0.3 is 6.18 Å². The zero-order valence-electron chi connectivity index (χ0n) is 13.6. The first-order chi connectivity index (χ1) is 9.33. The van der Waals surface area contributed by atoms with Crippen LogP contribution in [0.25, 0.3) is 0 Å². The average molecular weight is 319 g/mol. The molecule has 0 bridgehead atoms. The van der Waals surface area contributed by atoms with Gasteiger partial charge in [0.2, 0.25) is 0 Å². The first-order valence-corrected chi connectivity index (χ1v) is 9.88. The number of pyridine rings is 1. The summed E-state index contributed by atoms with van der Waals surface area (Å²) in [5, 5.41) is 0.0211. The van der Waals surface area contributed by atoms with Crippen molar-refractivity contribution in [2.24, 2.45) is 0 Å². The Balaban J connectivity index is 2.98. The van der Waals surface area contributed by atoms with Crippen LogP contribution < -0.4 is 0 Å². The van der Waals surface area contributed by atoms with Crippen LogP contribution in [0.3, 0.4) is 0 Å². The number of aromatic nitrogens is 1. The second-order valence-corrected chi connectivity index (χ2v) is 11.7. The predicted octanol–water partition coefficient (Wildman–Crippen LogP) is 5.02. The lowest BCUT2D eigenvalue weighted by Gasteiger charge is -2.36. The highest BCUT2D eigenvalue weighted by molar-refractivity contribution is 6.74. The number of rotatable bonds is 4. The minimum absolute atomic E-state index is 0.0211. The minimum Gasteiger partial charge on any atom is -0.412 e. The van der Waals surface area contributed by atoms with Crippen molar-refractivity contribution in [2.75, 3.05) is 0 Å². The predicted molar refractivity (Wildman–Crippen MR) is 80.7 cm³/mol. The number of hydrogen-bond acceptors (Lipinski definition) is 2. The number of nitrogens with zero attached hydrogens (tertiary/aromatic N) is 1. The summed E-state index contributed by atoms with van der Waals surface area (Å²) in [7, 11) is -2.00. The van der Waals surface area contributed by atoms with E-state index in [1.807, 2.05) is 0 Å². The third-order valence-electron chi connectivity index (χ3n) is 4.13. The summed E-state index contributed by atoms with van der Waals surface area (Å²) < 4.78 is 44.0. The maximum atomic E-state index is 12.6. The fourth-order valence-corrected chi connectivity index (χ4v) is 2.59. The largest absolute Gasteiger partial charge is 0.412 e. The van der Waals surface area contributed by atoms with E-state index in [2.05, 4.69) is 38.8 Å². The molecule has 0 atom stereocenters. The van der Waals surface area contributed by atoms with E-state index >= 15 is 0 Å². The van der Waals surface area contributed by atoms with Gasteiger partial charge in [-0.25, -0.2) is 0 Å². The average Bonchev–Trinajstić information content (AvgIpc) is 2.24. The third-order valence-corrected chi connectivity index (χ3v) is 8.61. The first kappa shape index (κ1) is 18.2. The van der Waals surface area contributed by atoms with Crippen molar-refractivity contribution < 1.29 is 17.6 Å². The van der Waals surface area contributed by atoms with Crippen molar-refractivity contribution >= 4 is 8.32 Å².